The maximum atomic E-state index is 10.5. The van der Waals surface area contributed by atoms with Crippen LogP contribution in [0.25, 0.3) is 12.2 Å². The number of carboxylic acids is 1. The molecule has 2 rings (SSSR count). The van der Waals surface area contributed by atoms with Gasteiger partial charge in [-0.1, -0.05) is 40.2 Å². The van der Waals surface area contributed by atoms with Crippen LogP contribution in [0.1, 0.15) is 17.5 Å². The molecule has 0 fully saturated rings. The van der Waals surface area contributed by atoms with Crippen molar-refractivity contribution in [3.63, 3.8) is 0 Å². The molecule has 0 amide bonds. The van der Waals surface area contributed by atoms with Gasteiger partial charge in [-0.3, -0.25) is 4.79 Å². The van der Waals surface area contributed by atoms with Crippen molar-refractivity contribution in [2.75, 3.05) is 0 Å². The molecule has 110 valence electrons. The molecule has 1 N–H and O–H groups in total. The first-order valence-electron chi connectivity index (χ1n) is 6.28. The highest BCUT2D eigenvalue weighted by Gasteiger charge is 2.03. The van der Waals surface area contributed by atoms with Gasteiger partial charge in [0, 0.05) is 16.6 Å². The molecule has 0 saturated carbocycles. The summed E-state index contributed by atoms with van der Waals surface area (Å²) in [6.45, 7) is 0.492. The monoisotopic (exact) mass is 367 g/mol. The number of aryl methyl sites for hydroxylation is 1. The maximum Gasteiger partial charge on any atom is 0.309 e. The van der Waals surface area contributed by atoms with E-state index in [1.54, 1.807) is 0 Å². The molecule has 0 aliphatic rings. The number of carbonyl (C=O) groups is 1. The number of pyridine rings is 1. The van der Waals surface area contributed by atoms with Gasteiger partial charge < -0.3 is 17.5 Å². The minimum atomic E-state index is -0.781. The van der Waals surface area contributed by atoms with Crippen LogP contribution in [0, 0.1) is 0 Å². The van der Waals surface area contributed by atoms with Crippen LogP contribution in [0.4, 0.5) is 0 Å². The zero-order valence-corrected chi connectivity index (χ0v) is 13.6. The van der Waals surface area contributed by atoms with Crippen LogP contribution in [0.15, 0.2) is 53.3 Å². The summed E-state index contributed by atoms with van der Waals surface area (Å²) in [5.41, 5.74) is 2.22. The number of rotatable bonds is 5. The molecule has 21 heavy (non-hydrogen) atoms. The Morgan fingerprint density at radius 1 is 1.05 bits per heavy atom. The van der Waals surface area contributed by atoms with E-state index in [4.69, 9.17) is 5.11 Å². The highest BCUT2D eigenvalue weighted by Crippen LogP contribution is 2.12. The molecule has 0 saturated heterocycles. The lowest BCUT2D eigenvalue weighted by Crippen LogP contribution is -3.00. The maximum absolute atomic E-state index is 10.5. The van der Waals surface area contributed by atoms with E-state index in [9.17, 15) is 4.79 Å². The summed E-state index contributed by atoms with van der Waals surface area (Å²) in [5.74, 6) is -0.781. The van der Waals surface area contributed by atoms with Crippen molar-refractivity contribution in [3.05, 3.63) is 64.4 Å². The number of aliphatic carboxylic acids is 1. The third-order valence-corrected chi connectivity index (χ3v) is 3.37. The summed E-state index contributed by atoms with van der Waals surface area (Å²) in [7, 11) is 0. The number of benzene rings is 1. The summed E-state index contributed by atoms with van der Waals surface area (Å²) in [6, 6.07) is 12.0. The second-order valence-corrected chi connectivity index (χ2v) is 5.31. The molecule has 0 bridgehead atoms. The Morgan fingerprint density at radius 2 is 1.57 bits per heavy atom. The standard InChI is InChI=1S/C16H14BrNO2.ClH/c17-15-5-3-13(4-6-15)1-2-14-7-10-18(11-8-14)12-9-16(19)20;/h1-8,10-11H,9,12H2;1H/b2-1-;. The van der Waals surface area contributed by atoms with Crippen molar-refractivity contribution in [2.45, 2.75) is 13.0 Å². The lowest BCUT2D eigenvalue weighted by molar-refractivity contribution is -0.696. The van der Waals surface area contributed by atoms with Crippen LogP contribution in [0.3, 0.4) is 0 Å². The fourth-order valence-electron chi connectivity index (χ4n) is 1.72. The molecule has 1 aromatic carbocycles. The molecule has 0 aliphatic heterocycles. The van der Waals surface area contributed by atoms with Crippen molar-refractivity contribution in [1.82, 2.24) is 0 Å². The van der Waals surface area contributed by atoms with E-state index in [0.29, 0.717) is 6.54 Å². The number of carboxylic acid groups (broad SMARTS) is 1. The minimum Gasteiger partial charge on any atom is -1.00 e. The van der Waals surface area contributed by atoms with Gasteiger partial charge in [0.15, 0.2) is 18.9 Å². The van der Waals surface area contributed by atoms with E-state index >= 15 is 0 Å². The highest BCUT2D eigenvalue weighted by molar-refractivity contribution is 9.10. The van der Waals surface area contributed by atoms with Crippen molar-refractivity contribution in [2.24, 2.45) is 0 Å². The minimum absolute atomic E-state index is 0. The molecule has 0 aliphatic carbocycles. The van der Waals surface area contributed by atoms with Gasteiger partial charge in [0.1, 0.15) is 6.42 Å². The summed E-state index contributed by atoms with van der Waals surface area (Å²) in [5, 5.41) is 8.63. The Labute approximate surface area is 138 Å². The average molecular weight is 369 g/mol. The van der Waals surface area contributed by atoms with Gasteiger partial charge >= 0.3 is 5.97 Å². The zero-order valence-electron chi connectivity index (χ0n) is 11.2. The number of nitrogens with zero attached hydrogens (tertiary/aromatic N) is 1. The SMILES string of the molecule is O=C(O)CC[n+]1ccc(/C=C\c2ccc(Br)cc2)cc1.[Cl-]. The van der Waals surface area contributed by atoms with Gasteiger partial charge in [0.05, 0.1) is 0 Å². The van der Waals surface area contributed by atoms with Crippen molar-refractivity contribution >= 4 is 34.1 Å². The van der Waals surface area contributed by atoms with Crippen molar-refractivity contribution in [1.29, 1.82) is 0 Å². The fraction of sp³-hybridized carbons (Fsp3) is 0.125. The van der Waals surface area contributed by atoms with E-state index in [1.165, 1.54) is 0 Å². The second-order valence-electron chi connectivity index (χ2n) is 4.40. The van der Waals surface area contributed by atoms with Crippen LogP contribution < -0.4 is 17.0 Å². The summed E-state index contributed by atoms with van der Waals surface area (Å²) < 4.78 is 2.93. The van der Waals surface area contributed by atoms with Crippen LogP contribution in [-0.2, 0) is 11.3 Å². The molecule has 1 heterocycles. The Bertz CT molecular complexity index is 609. The first-order valence-corrected chi connectivity index (χ1v) is 7.07. The third kappa shape index (κ3) is 6.10. The first kappa shape index (κ1) is 17.4. The Balaban J connectivity index is 0.00000220. The highest BCUT2D eigenvalue weighted by atomic mass is 79.9. The van der Waals surface area contributed by atoms with E-state index in [2.05, 4.69) is 15.9 Å². The molecule has 0 spiro atoms. The van der Waals surface area contributed by atoms with E-state index in [-0.39, 0.29) is 18.8 Å². The van der Waals surface area contributed by atoms with Crippen LogP contribution in [-0.4, -0.2) is 11.1 Å². The molecular weight excluding hydrogens is 354 g/mol. The summed E-state index contributed by atoms with van der Waals surface area (Å²) >= 11 is 3.41. The molecular formula is C16H15BrClNO2. The van der Waals surface area contributed by atoms with Crippen LogP contribution in [0.2, 0.25) is 0 Å². The zero-order chi connectivity index (χ0) is 14.4. The smallest absolute Gasteiger partial charge is 0.309 e. The molecule has 5 heteroatoms. The first-order chi connectivity index (χ1) is 9.63. The van der Waals surface area contributed by atoms with Gasteiger partial charge in [-0.2, -0.15) is 0 Å². The van der Waals surface area contributed by atoms with Gasteiger partial charge in [0.25, 0.3) is 0 Å². The van der Waals surface area contributed by atoms with Crippen molar-refractivity contribution < 1.29 is 26.9 Å². The van der Waals surface area contributed by atoms with E-state index in [0.717, 1.165) is 15.6 Å². The number of hydrogen-bond acceptors (Lipinski definition) is 1. The normalized spacial score (nSPS) is 10.3. The third-order valence-electron chi connectivity index (χ3n) is 2.84. The quantitative estimate of drug-likeness (QED) is 0.776. The Hall–Kier alpha value is -1.65. The molecule has 1 aromatic heterocycles. The van der Waals surface area contributed by atoms with Crippen molar-refractivity contribution in [3.8, 4) is 0 Å². The molecule has 0 unspecified atom stereocenters. The summed E-state index contributed by atoms with van der Waals surface area (Å²) in [4.78, 5) is 10.5. The molecule has 0 atom stereocenters. The van der Waals surface area contributed by atoms with E-state index < -0.39 is 5.97 Å². The number of halogens is 2. The fourth-order valence-corrected chi connectivity index (χ4v) is 1.98. The number of hydrogen-bond donors (Lipinski definition) is 1. The lowest BCUT2D eigenvalue weighted by atomic mass is 10.1. The molecule has 0 radical (unpaired) electrons. The average Bonchev–Trinajstić information content (AvgIpc) is 2.45. The Morgan fingerprint density at radius 3 is 2.10 bits per heavy atom. The predicted octanol–water partition coefficient (Wildman–Crippen LogP) is 0.386. The van der Waals surface area contributed by atoms with Gasteiger partial charge in [-0.15, -0.1) is 0 Å². The largest absolute Gasteiger partial charge is 1.00 e. The van der Waals surface area contributed by atoms with E-state index in [1.807, 2.05) is 65.5 Å². The van der Waals surface area contributed by atoms with Gasteiger partial charge in [0.2, 0.25) is 0 Å². The summed E-state index contributed by atoms with van der Waals surface area (Å²) in [6.07, 6.45) is 8.00. The second kappa shape index (κ2) is 8.60. The number of aromatic nitrogens is 1. The molecule has 3 nitrogen and oxygen atoms in total. The predicted molar refractivity (Wildman–Crippen MR) is 82.0 cm³/mol. The molecule has 2 aromatic rings. The van der Waals surface area contributed by atoms with Gasteiger partial charge in [-0.25, -0.2) is 4.57 Å². The Kier molecular flexibility index (Phi) is 7.12. The lowest BCUT2D eigenvalue weighted by Gasteiger charge is -1.96. The van der Waals surface area contributed by atoms with Gasteiger partial charge in [-0.05, 0) is 23.3 Å². The van der Waals surface area contributed by atoms with Crippen LogP contribution >= 0.6 is 15.9 Å². The topological polar surface area (TPSA) is 41.2 Å². The van der Waals surface area contributed by atoms with Crippen LogP contribution in [0.5, 0.6) is 0 Å².